The van der Waals surface area contributed by atoms with E-state index in [2.05, 4.69) is 20.6 Å². The molecule has 0 aliphatic carbocycles. The van der Waals surface area contributed by atoms with Crippen molar-refractivity contribution >= 4 is 17.4 Å². The van der Waals surface area contributed by atoms with Gasteiger partial charge in [-0.05, 0) is 38.5 Å². The van der Waals surface area contributed by atoms with Gasteiger partial charge in [-0.2, -0.15) is 0 Å². The van der Waals surface area contributed by atoms with Crippen molar-refractivity contribution in [2.75, 3.05) is 12.4 Å². The Kier molecular flexibility index (Phi) is 4.93. The van der Waals surface area contributed by atoms with E-state index in [1.54, 1.807) is 7.11 Å². The highest BCUT2D eigenvalue weighted by molar-refractivity contribution is 5.92. The maximum Gasteiger partial charge on any atom is 0.271 e. The van der Waals surface area contributed by atoms with E-state index >= 15 is 0 Å². The van der Waals surface area contributed by atoms with Crippen molar-refractivity contribution in [3.05, 3.63) is 41.9 Å². The number of hydrogen-bond acceptors (Lipinski definition) is 5. The standard InChI is InChI=1S/C16H20N4O2/c1-10(2)19-16(21)13-8-18-15(9-17-13)20-12-7-11(3)5-6-14(12)22-4/h5-10H,1-4H3,(H,18,20)(H,19,21). The summed E-state index contributed by atoms with van der Waals surface area (Å²) >= 11 is 0. The van der Waals surface area contributed by atoms with Gasteiger partial charge >= 0.3 is 0 Å². The van der Waals surface area contributed by atoms with Crippen molar-refractivity contribution in [2.24, 2.45) is 0 Å². The van der Waals surface area contributed by atoms with Crippen LogP contribution in [0.2, 0.25) is 0 Å². The molecule has 0 radical (unpaired) electrons. The molecule has 0 bridgehead atoms. The summed E-state index contributed by atoms with van der Waals surface area (Å²) in [5.74, 6) is 1.03. The van der Waals surface area contributed by atoms with Crippen LogP contribution in [0.5, 0.6) is 5.75 Å². The van der Waals surface area contributed by atoms with E-state index in [9.17, 15) is 4.79 Å². The van der Waals surface area contributed by atoms with Crippen LogP contribution in [0.4, 0.5) is 11.5 Å². The second-order valence-electron chi connectivity index (χ2n) is 5.24. The SMILES string of the molecule is COc1ccc(C)cc1Nc1cnc(C(=O)NC(C)C)cn1. The van der Waals surface area contributed by atoms with Gasteiger partial charge in [-0.25, -0.2) is 9.97 Å². The smallest absolute Gasteiger partial charge is 0.271 e. The van der Waals surface area contributed by atoms with Crippen LogP contribution >= 0.6 is 0 Å². The fourth-order valence-electron chi connectivity index (χ4n) is 1.90. The molecule has 0 unspecified atom stereocenters. The van der Waals surface area contributed by atoms with Crippen molar-refractivity contribution < 1.29 is 9.53 Å². The number of methoxy groups -OCH3 is 1. The summed E-state index contributed by atoms with van der Waals surface area (Å²) in [6.45, 7) is 5.78. The zero-order valence-electron chi connectivity index (χ0n) is 13.2. The molecule has 0 saturated heterocycles. The number of anilines is 2. The van der Waals surface area contributed by atoms with Crippen molar-refractivity contribution in [3.63, 3.8) is 0 Å². The molecule has 1 amide bonds. The second kappa shape index (κ2) is 6.89. The first-order chi connectivity index (χ1) is 10.5. The Morgan fingerprint density at radius 3 is 2.59 bits per heavy atom. The molecular formula is C16H20N4O2. The van der Waals surface area contributed by atoms with Crippen molar-refractivity contribution in [1.82, 2.24) is 15.3 Å². The minimum atomic E-state index is -0.234. The molecule has 1 aromatic heterocycles. The molecule has 0 aliphatic heterocycles. The lowest BCUT2D eigenvalue weighted by Crippen LogP contribution is -2.30. The fourth-order valence-corrected chi connectivity index (χ4v) is 1.90. The van der Waals surface area contributed by atoms with E-state index < -0.39 is 0 Å². The Labute approximate surface area is 129 Å². The molecule has 2 rings (SSSR count). The van der Waals surface area contributed by atoms with Gasteiger partial charge < -0.3 is 15.4 Å². The predicted molar refractivity (Wildman–Crippen MR) is 85.6 cm³/mol. The summed E-state index contributed by atoms with van der Waals surface area (Å²) in [5.41, 5.74) is 2.19. The number of carbonyl (C=O) groups is 1. The summed E-state index contributed by atoms with van der Waals surface area (Å²) in [7, 11) is 1.61. The van der Waals surface area contributed by atoms with Crippen LogP contribution in [0, 0.1) is 6.92 Å². The van der Waals surface area contributed by atoms with E-state index in [4.69, 9.17) is 4.74 Å². The number of benzene rings is 1. The van der Waals surface area contributed by atoms with Gasteiger partial charge in [0.25, 0.3) is 5.91 Å². The highest BCUT2D eigenvalue weighted by Gasteiger charge is 2.10. The zero-order chi connectivity index (χ0) is 16.1. The Morgan fingerprint density at radius 1 is 1.23 bits per heavy atom. The molecule has 22 heavy (non-hydrogen) atoms. The zero-order valence-corrected chi connectivity index (χ0v) is 13.2. The number of hydrogen-bond donors (Lipinski definition) is 2. The maximum atomic E-state index is 11.8. The molecule has 0 spiro atoms. The van der Waals surface area contributed by atoms with Crippen LogP contribution in [0.15, 0.2) is 30.6 Å². The van der Waals surface area contributed by atoms with E-state index in [1.165, 1.54) is 12.4 Å². The summed E-state index contributed by atoms with van der Waals surface area (Å²) in [6.07, 6.45) is 2.97. The Balaban J connectivity index is 2.15. The van der Waals surface area contributed by atoms with Gasteiger partial charge in [0.2, 0.25) is 0 Å². The quantitative estimate of drug-likeness (QED) is 0.888. The molecule has 1 aromatic carbocycles. The Bertz CT molecular complexity index is 654. The van der Waals surface area contributed by atoms with Crippen molar-refractivity contribution in [3.8, 4) is 5.75 Å². The summed E-state index contributed by atoms with van der Waals surface area (Å²) in [6, 6.07) is 5.87. The van der Waals surface area contributed by atoms with Crippen molar-refractivity contribution in [2.45, 2.75) is 26.8 Å². The molecule has 0 atom stereocenters. The minimum absolute atomic E-state index is 0.0589. The summed E-state index contributed by atoms with van der Waals surface area (Å²) < 4.78 is 5.30. The van der Waals surface area contributed by atoms with Gasteiger partial charge in [0.05, 0.1) is 25.2 Å². The van der Waals surface area contributed by atoms with Crippen LogP contribution in [-0.4, -0.2) is 29.0 Å². The Hall–Kier alpha value is -2.63. The number of nitrogens with one attached hydrogen (secondary N) is 2. The minimum Gasteiger partial charge on any atom is -0.495 e. The summed E-state index contributed by atoms with van der Waals surface area (Å²) in [5, 5.41) is 5.91. The molecule has 0 fully saturated rings. The third kappa shape index (κ3) is 3.94. The first-order valence-corrected chi connectivity index (χ1v) is 7.04. The van der Waals surface area contributed by atoms with Crippen LogP contribution < -0.4 is 15.4 Å². The third-order valence-electron chi connectivity index (χ3n) is 2.92. The molecule has 6 heteroatoms. The molecule has 0 saturated carbocycles. The largest absolute Gasteiger partial charge is 0.495 e. The van der Waals surface area contributed by atoms with Gasteiger partial charge in [-0.1, -0.05) is 6.07 Å². The predicted octanol–water partition coefficient (Wildman–Crippen LogP) is 2.68. The normalized spacial score (nSPS) is 10.4. The maximum absolute atomic E-state index is 11.8. The number of aromatic nitrogens is 2. The number of aryl methyl sites for hydroxylation is 1. The van der Waals surface area contributed by atoms with E-state index in [-0.39, 0.29) is 17.6 Å². The third-order valence-corrected chi connectivity index (χ3v) is 2.92. The highest BCUT2D eigenvalue weighted by Crippen LogP contribution is 2.27. The fraction of sp³-hybridized carbons (Fsp3) is 0.312. The first kappa shape index (κ1) is 15.8. The van der Waals surface area contributed by atoms with Gasteiger partial charge in [-0.15, -0.1) is 0 Å². The van der Waals surface area contributed by atoms with Gasteiger partial charge in [0.1, 0.15) is 17.3 Å². The lowest BCUT2D eigenvalue weighted by molar-refractivity contribution is 0.0937. The molecule has 6 nitrogen and oxygen atoms in total. The molecule has 2 aromatic rings. The molecule has 0 aliphatic rings. The Morgan fingerprint density at radius 2 is 2.00 bits per heavy atom. The molecule has 2 N–H and O–H groups in total. The number of carbonyl (C=O) groups excluding carboxylic acids is 1. The number of amides is 1. The lowest BCUT2D eigenvalue weighted by atomic mass is 10.2. The molecule has 116 valence electrons. The average Bonchev–Trinajstić information content (AvgIpc) is 2.47. The van der Waals surface area contributed by atoms with E-state index in [0.29, 0.717) is 11.6 Å². The lowest BCUT2D eigenvalue weighted by Gasteiger charge is -2.11. The van der Waals surface area contributed by atoms with Crippen LogP contribution in [0.25, 0.3) is 0 Å². The second-order valence-corrected chi connectivity index (χ2v) is 5.24. The van der Waals surface area contributed by atoms with Crippen LogP contribution in [0.1, 0.15) is 29.9 Å². The van der Waals surface area contributed by atoms with Crippen LogP contribution in [-0.2, 0) is 0 Å². The number of rotatable bonds is 5. The van der Waals surface area contributed by atoms with E-state index in [0.717, 1.165) is 11.3 Å². The van der Waals surface area contributed by atoms with Gasteiger partial charge in [-0.3, -0.25) is 4.79 Å². The van der Waals surface area contributed by atoms with Gasteiger partial charge in [0, 0.05) is 6.04 Å². The first-order valence-electron chi connectivity index (χ1n) is 7.04. The van der Waals surface area contributed by atoms with Gasteiger partial charge in [0.15, 0.2) is 0 Å². The monoisotopic (exact) mass is 300 g/mol. The molecular weight excluding hydrogens is 280 g/mol. The number of ether oxygens (including phenoxy) is 1. The topological polar surface area (TPSA) is 76.1 Å². The summed E-state index contributed by atoms with van der Waals surface area (Å²) in [4.78, 5) is 20.2. The van der Waals surface area contributed by atoms with E-state index in [1.807, 2.05) is 39.0 Å². The average molecular weight is 300 g/mol. The number of nitrogens with zero attached hydrogens (tertiary/aromatic N) is 2. The highest BCUT2D eigenvalue weighted by atomic mass is 16.5. The van der Waals surface area contributed by atoms with Crippen LogP contribution in [0.3, 0.4) is 0 Å². The van der Waals surface area contributed by atoms with Crippen molar-refractivity contribution in [1.29, 1.82) is 0 Å². The molecule has 1 heterocycles.